The van der Waals surface area contributed by atoms with Gasteiger partial charge in [0.15, 0.2) is 0 Å². The van der Waals surface area contributed by atoms with E-state index in [0.717, 1.165) is 12.0 Å². The molecule has 0 radical (unpaired) electrons. The molecule has 4 nitrogen and oxygen atoms in total. The molecule has 0 aromatic heterocycles. The molecule has 16 heavy (non-hydrogen) atoms. The molecule has 88 valence electrons. The van der Waals surface area contributed by atoms with Crippen molar-refractivity contribution in [2.75, 3.05) is 0 Å². The maximum absolute atomic E-state index is 8.74. The minimum Gasteiger partial charge on any atom is -0.264 e. The predicted molar refractivity (Wildman–Crippen MR) is 64.5 cm³/mol. The smallest absolute Gasteiger partial charge is 0.264 e. The van der Waals surface area contributed by atoms with Crippen LogP contribution in [0.2, 0.25) is 0 Å². The minimum absolute atomic E-state index is 0.865. The van der Waals surface area contributed by atoms with E-state index in [0.29, 0.717) is 0 Å². The van der Waals surface area contributed by atoms with Gasteiger partial charge in [-0.15, -0.1) is 6.58 Å². The van der Waals surface area contributed by atoms with Gasteiger partial charge in [0.2, 0.25) is 0 Å². The van der Waals surface area contributed by atoms with Gasteiger partial charge in [-0.1, -0.05) is 43.0 Å². The topological polar surface area (TPSA) is 74.6 Å². The normalized spacial score (nSPS) is 9.88. The van der Waals surface area contributed by atoms with Crippen LogP contribution in [0.15, 0.2) is 49.6 Å². The Hall–Kier alpha value is -1.43. The molecular formula is C11H14O4S. The Balaban J connectivity index is 0.000000385. The van der Waals surface area contributed by atoms with Crippen LogP contribution in [0.1, 0.15) is 12.0 Å². The van der Waals surface area contributed by atoms with E-state index in [1.54, 1.807) is 0 Å². The largest absolute Gasteiger partial charge is 0.394 e. The molecule has 0 spiro atoms. The minimum atomic E-state index is -4.67. The van der Waals surface area contributed by atoms with Crippen LogP contribution in [0.25, 0.3) is 5.57 Å². The first-order valence-electron chi connectivity index (χ1n) is 4.38. The van der Waals surface area contributed by atoms with Gasteiger partial charge < -0.3 is 0 Å². The molecule has 1 aromatic carbocycles. The lowest BCUT2D eigenvalue weighted by molar-refractivity contribution is 0.381. The molecule has 0 saturated carbocycles. The van der Waals surface area contributed by atoms with Crippen LogP contribution < -0.4 is 0 Å². The summed E-state index contributed by atoms with van der Waals surface area (Å²) in [5, 5.41) is 0. The van der Waals surface area contributed by atoms with Crippen molar-refractivity contribution in [3.8, 4) is 0 Å². The third kappa shape index (κ3) is 9.14. The number of rotatable bonds is 3. The van der Waals surface area contributed by atoms with E-state index in [1.165, 1.54) is 5.56 Å². The molecule has 0 aliphatic carbocycles. The van der Waals surface area contributed by atoms with Gasteiger partial charge in [-0.2, -0.15) is 8.42 Å². The van der Waals surface area contributed by atoms with Crippen molar-refractivity contribution in [3.63, 3.8) is 0 Å². The van der Waals surface area contributed by atoms with Gasteiger partial charge in [-0.25, -0.2) is 0 Å². The molecule has 0 atom stereocenters. The Morgan fingerprint density at radius 2 is 1.69 bits per heavy atom. The fraction of sp³-hybridized carbons (Fsp3) is 0.0909. The van der Waals surface area contributed by atoms with Crippen molar-refractivity contribution < 1.29 is 17.5 Å². The summed E-state index contributed by atoms with van der Waals surface area (Å²) >= 11 is 0. The first-order valence-corrected chi connectivity index (χ1v) is 5.78. The molecule has 0 bridgehead atoms. The van der Waals surface area contributed by atoms with Gasteiger partial charge >= 0.3 is 10.4 Å². The average Bonchev–Trinajstić information content (AvgIpc) is 2.17. The summed E-state index contributed by atoms with van der Waals surface area (Å²) in [6.45, 7) is 7.61. The Bertz CT molecular complexity index is 426. The van der Waals surface area contributed by atoms with Crippen molar-refractivity contribution in [3.05, 3.63) is 55.1 Å². The molecule has 0 aliphatic heterocycles. The Morgan fingerprint density at radius 3 is 2.06 bits per heavy atom. The number of hydrogen-bond donors (Lipinski definition) is 2. The Labute approximate surface area is 95.5 Å². The first-order chi connectivity index (χ1) is 7.34. The highest BCUT2D eigenvalue weighted by Gasteiger charge is 1.92. The maximum Gasteiger partial charge on any atom is 0.394 e. The second-order valence-corrected chi connectivity index (χ2v) is 3.81. The molecule has 5 heteroatoms. The second kappa shape index (κ2) is 6.95. The van der Waals surface area contributed by atoms with Gasteiger partial charge in [0.25, 0.3) is 0 Å². The molecule has 1 rings (SSSR count). The summed E-state index contributed by atoms with van der Waals surface area (Å²) < 4.78 is 31.6. The molecule has 0 heterocycles. The summed E-state index contributed by atoms with van der Waals surface area (Å²) in [6, 6.07) is 10.2. The summed E-state index contributed by atoms with van der Waals surface area (Å²) in [4.78, 5) is 0. The van der Waals surface area contributed by atoms with Crippen LogP contribution in [0, 0.1) is 0 Å². The van der Waals surface area contributed by atoms with Crippen molar-refractivity contribution in [2.24, 2.45) is 0 Å². The highest BCUT2D eigenvalue weighted by atomic mass is 32.3. The van der Waals surface area contributed by atoms with Gasteiger partial charge in [0, 0.05) is 0 Å². The predicted octanol–water partition coefficient (Wildman–Crippen LogP) is 2.62. The van der Waals surface area contributed by atoms with Crippen LogP contribution in [-0.2, 0) is 10.4 Å². The lowest BCUT2D eigenvalue weighted by Gasteiger charge is -2.00. The lowest BCUT2D eigenvalue weighted by atomic mass is 10.1. The van der Waals surface area contributed by atoms with Crippen molar-refractivity contribution in [1.82, 2.24) is 0 Å². The maximum atomic E-state index is 8.74. The monoisotopic (exact) mass is 242 g/mol. The van der Waals surface area contributed by atoms with E-state index in [-0.39, 0.29) is 0 Å². The van der Waals surface area contributed by atoms with Crippen LogP contribution in [0.3, 0.4) is 0 Å². The molecule has 0 amide bonds. The number of allylic oxidation sites excluding steroid dienone is 2. The van der Waals surface area contributed by atoms with Crippen LogP contribution in [-0.4, -0.2) is 17.5 Å². The van der Waals surface area contributed by atoms with Gasteiger partial charge in [-0.3, -0.25) is 9.11 Å². The van der Waals surface area contributed by atoms with E-state index in [9.17, 15) is 0 Å². The summed E-state index contributed by atoms with van der Waals surface area (Å²) in [5.41, 5.74) is 2.33. The van der Waals surface area contributed by atoms with Gasteiger partial charge in [-0.05, 0) is 17.6 Å². The molecular weight excluding hydrogens is 228 g/mol. The number of hydrogen-bond acceptors (Lipinski definition) is 2. The van der Waals surface area contributed by atoms with Crippen LogP contribution in [0.5, 0.6) is 0 Å². The molecule has 1 aromatic rings. The average molecular weight is 242 g/mol. The number of benzene rings is 1. The molecule has 0 aliphatic rings. The summed E-state index contributed by atoms with van der Waals surface area (Å²) in [7, 11) is -4.67. The van der Waals surface area contributed by atoms with E-state index < -0.39 is 10.4 Å². The third-order valence-corrected chi connectivity index (χ3v) is 1.57. The van der Waals surface area contributed by atoms with Crippen molar-refractivity contribution in [2.45, 2.75) is 6.42 Å². The second-order valence-electron chi connectivity index (χ2n) is 2.91. The quantitative estimate of drug-likeness (QED) is 0.631. The van der Waals surface area contributed by atoms with E-state index >= 15 is 0 Å². The zero-order chi connectivity index (χ0) is 12.6. The highest BCUT2D eigenvalue weighted by Crippen LogP contribution is 2.14. The summed E-state index contributed by atoms with van der Waals surface area (Å²) in [6.07, 6.45) is 2.74. The van der Waals surface area contributed by atoms with E-state index in [4.69, 9.17) is 17.5 Å². The van der Waals surface area contributed by atoms with Gasteiger partial charge in [0.1, 0.15) is 0 Å². The zero-order valence-corrected chi connectivity index (χ0v) is 9.52. The Kier molecular flexibility index (Phi) is 6.32. The van der Waals surface area contributed by atoms with E-state index in [2.05, 4.69) is 25.3 Å². The molecule has 0 unspecified atom stereocenters. The van der Waals surface area contributed by atoms with Gasteiger partial charge in [0.05, 0.1) is 0 Å². The highest BCUT2D eigenvalue weighted by molar-refractivity contribution is 7.79. The zero-order valence-electron chi connectivity index (χ0n) is 8.70. The first kappa shape index (κ1) is 14.6. The third-order valence-electron chi connectivity index (χ3n) is 1.57. The fourth-order valence-corrected chi connectivity index (χ4v) is 0.966. The molecule has 0 fully saturated rings. The SMILES string of the molecule is C=CCC(=C)c1ccccc1.O=S(=O)(O)O. The molecule has 0 saturated heterocycles. The van der Waals surface area contributed by atoms with Crippen molar-refractivity contribution >= 4 is 16.0 Å². The fourth-order valence-electron chi connectivity index (χ4n) is 0.966. The van der Waals surface area contributed by atoms with Crippen LogP contribution >= 0.6 is 0 Å². The van der Waals surface area contributed by atoms with Crippen molar-refractivity contribution in [1.29, 1.82) is 0 Å². The van der Waals surface area contributed by atoms with Crippen LogP contribution in [0.4, 0.5) is 0 Å². The van der Waals surface area contributed by atoms with E-state index in [1.807, 2.05) is 24.3 Å². The summed E-state index contributed by atoms with van der Waals surface area (Å²) in [5.74, 6) is 0. The Morgan fingerprint density at radius 1 is 1.25 bits per heavy atom. The molecule has 2 N–H and O–H groups in total. The lowest BCUT2D eigenvalue weighted by Crippen LogP contribution is -1.89. The standard InChI is InChI=1S/C11H12.H2O4S/c1-3-7-10(2)11-8-5-4-6-9-11;1-5(2,3)4/h3-6,8-9H,1-2,7H2;(H2,1,2,3,4).